The van der Waals surface area contributed by atoms with Crippen LogP contribution in [0.4, 0.5) is 0 Å². The Morgan fingerprint density at radius 2 is 1.95 bits per heavy atom. The quantitative estimate of drug-likeness (QED) is 0.651. The summed E-state index contributed by atoms with van der Waals surface area (Å²) in [5.41, 5.74) is 0.0532. The molecule has 1 aliphatic carbocycles. The van der Waals surface area contributed by atoms with Crippen LogP contribution in [0.1, 0.15) is 39.0 Å². The lowest BCUT2D eigenvalue weighted by molar-refractivity contribution is 0.0265. The van der Waals surface area contributed by atoms with E-state index in [2.05, 4.69) is 17.0 Å². The van der Waals surface area contributed by atoms with Crippen LogP contribution < -0.4 is 10.0 Å². The molecule has 0 aromatic rings. The molecular weight excluding hydrogens is 264 g/mol. The van der Waals surface area contributed by atoms with E-state index < -0.39 is 10.0 Å². The first kappa shape index (κ1) is 15.2. The summed E-state index contributed by atoms with van der Waals surface area (Å²) >= 11 is 0. The molecule has 2 N–H and O–H groups in total. The maximum Gasteiger partial charge on any atom is 0.211 e. The van der Waals surface area contributed by atoms with E-state index in [0.29, 0.717) is 19.0 Å². The van der Waals surface area contributed by atoms with E-state index in [1.807, 2.05) is 0 Å². The van der Waals surface area contributed by atoms with Gasteiger partial charge in [-0.25, -0.2) is 13.1 Å². The topological polar surface area (TPSA) is 67.4 Å². The number of hydrogen-bond acceptors (Lipinski definition) is 4. The summed E-state index contributed by atoms with van der Waals surface area (Å²) in [6, 6.07) is 0.650. The summed E-state index contributed by atoms with van der Waals surface area (Å²) < 4.78 is 31.9. The Balaban J connectivity index is 1.64. The molecular formula is C13H26N2O3S. The summed E-state index contributed by atoms with van der Waals surface area (Å²) in [5.74, 6) is 0.222. The second-order valence-electron chi connectivity index (χ2n) is 6.14. The first-order chi connectivity index (χ1) is 8.99. The Kier molecular flexibility index (Phi) is 5.22. The number of hydrogen-bond donors (Lipinski definition) is 2. The Bertz CT molecular complexity index is 373. The van der Waals surface area contributed by atoms with Crippen molar-refractivity contribution in [1.29, 1.82) is 0 Å². The van der Waals surface area contributed by atoms with Gasteiger partial charge in [0.2, 0.25) is 10.0 Å². The molecule has 1 saturated heterocycles. The van der Waals surface area contributed by atoms with Crippen LogP contribution in [0.3, 0.4) is 0 Å². The van der Waals surface area contributed by atoms with Gasteiger partial charge in [0.25, 0.3) is 0 Å². The molecule has 1 heterocycles. The van der Waals surface area contributed by atoms with E-state index in [1.54, 1.807) is 0 Å². The lowest BCUT2D eigenvalue weighted by atomic mass is 9.83. The molecule has 2 aliphatic rings. The Morgan fingerprint density at radius 3 is 2.58 bits per heavy atom. The first-order valence-electron chi connectivity index (χ1n) is 7.28. The molecule has 5 nitrogen and oxygen atoms in total. The van der Waals surface area contributed by atoms with Crippen molar-refractivity contribution in [3.63, 3.8) is 0 Å². The standard InChI is InChI=1S/C13H26N2O3S/c1-13(5-8-18-9-6-13)11-15-19(16,17)10-2-7-14-12-3-4-12/h12,14-15H,2-11H2,1H3. The number of nitrogens with one attached hydrogen (secondary N) is 2. The first-order valence-corrected chi connectivity index (χ1v) is 8.93. The van der Waals surface area contributed by atoms with Gasteiger partial charge in [0.15, 0.2) is 0 Å². The summed E-state index contributed by atoms with van der Waals surface area (Å²) in [6.07, 6.45) is 5.03. The minimum absolute atomic E-state index is 0.0532. The van der Waals surface area contributed by atoms with E-state index in [1.165, 1.54) is 12.8 Å². The lowest BCUT2D eigenvalue weighted by Gasteiger charge is -2.33. The van der Waals surface area contributed by atoms with E-state index in [4.69, 9.17) is 4.74 Å². The summed E-state index contributed by atoms with van der Waals surface area (Å²) in [5, 5.41) is 3.33. The highest BCUT2D eigenvalue weighted by Crippen LogP contribution is 2.28. The van der Waals surface area contributed by atoms with Crippen molar-refractivity contribution in [2.24, 2.45) is 5.41 Å². The smallest absolute Gasteiger partial charge is 0.211 e. The van der Waals surface area contributed by atoms with Crippen LogP contribution in [0.5, 0.6) is 0 Å². The molecule has 2 rings (SSSR count). The van der Waals surface area contributed by atoms with Crippen molar-refractivity contribution in [3.05, 3.63) is 0 Å². The second kappa shape index (κ2) is 6.52. The van der Waals surface area contributed by atoms with Crippen molar-refractivity contribution in [2.45, 2.75) is 45.1 Å². The van der Waals surface area contributed by atoms with Crippen molar-refractivity contribution < 1.29 is 13.2 Å². The predicted molar refractivity (Wildman–Crippen MR) is 75.6 cm³/mol. The SMILES string of the molecule is CC1(CNS(=O)(=O)CCCNC2CC2)CCOCC1. The van der Waals surface area contributed by atoms with Crippen molar-refractivity contribution >= 4 is 10.0 Å². The van der Waals surface area contributed by atoms with E-state index in [0.717, 1.165) is 32.6 Å². The van der Waals surface area contributed by atoms with Crippen LogP contribution in [0.25, 0.3) is 0 Å². The van der Waals surface area contributed by atoms with Gasteiger partial charge in [0, 0.05) is 25.8 Å². The molecule has 112 valence electrons. The molecule has 0 radical (unpaired) electrons. The molecule has 19 heavy (non-hydrogen) atoms. The minimum Gasteiger partial charge on any atom is -0.381 e. The molecule has 0 aromatic carbocycles. The van der Waals surface area contributed by atoms with Gasteiger partial charge in [0.1, 0.15) is 0 Å². The van der Waals surface area contributed by atoms with Gasteiger partial charge in [-0.05, 0) is 44.1 Å². The summed E-state index contributed by atoms with van der Waals surface area (Å²) in [7, 11) is -3.13. The second-order valence-corrected chi connectivity index (χ2v) is 8.07. The van der Waals surface area contributed by atoms with Crippen LogP contribution >= 0.6 is 0 Å². The molecule has 1 saturated carbocycles. The normalized spacial score (nSPS) is 23.4. The fourth-order valence-corrected chi connectivity index (χ4v) is 3.49. The van der Waals surface area contributed by atoms with Gasteiger partial charge >= 0.3 is 0 Å². The fraction of sp³-hybridized carbons (Fsp3) is 1.00. The number of sulfonamides is 1. The highest BCUT2D eigenvalue weighted by Gasteiger charge is 2.28. The van der Waals surface area contributed by atoms with E-state index in [-0.39, 0.29) is 11.2 Å². The number of ether oxygens (including phenoxy) is 1. The molecule has 0 bridgehead atoms. The third-order valence-electron chi connectivity index (χ3n) is 4.02. The minimum atomic E-state index is -3.13. The van der Waals surface area contributed by atoms with Crippen LogP contribution in [0, 0.1) is 5.41 Å². The highest BCUT2D eigenvalue weighted by atomic mass is 32.2. The van der Waals surface area contributed by atoms with Gasteiger partial charge in [0.05, 0.1) is 5.75 Å². The zero-order chi connectivity index (χ0) is 13.8. The van der Waals surface area contributed by atoms with Crippen molar-refractivity contribution in [1.82, 2.24) is 10.0 Å². The molecule has 0 atom stereocenters. The van der Waals surface area contributed by atoms with Gasteiger partial charge in [-0.2, -0.15) is 0 Å². The van der Waals surface area contributed by atoms with Gasteiger partial charge in [-0.15, -0.1) is 0 Å². The van der Waals surface area contributed by atoms with Crippen molar-refractivity contribution in [3.8, 4) is 0 Å². The van der Waals surface area contributed by atoms with Crippen LogP contribution in [0.15, 0.2) is 0 Å². The zero-order valence-electron chi connectivity index (χ0n) is 11.8. The van der Waals surface area contributed by atoms with Crippen LogP contribution in [-0.4, -0.2) is 46.5 Å². The zero-order valence-corrected chi connectivity index (χ0v) is 12.6. The van der Waals surface area contributed by atoms with Gasteiger partial charge in [-0.3, -0.25) is 0 Å². The lowest BCUT2D eigenvalue weighted by Crippen LogP contribution is -2.40. The van der Waals surface area contributed by atoms with Crippen LogP contribution in [-0.2, 0) is 14.8 Å². The maximum absolute atomic E-state index is 11.9. The molecule has 0 aromatic heterocycles. The molecule has 2 fully saturated rings. The van der Waals surface area contributed by atoms with E-state index in [9.17, 15) is 8.42 Å². The molecule has 0 amide bonds. The average Bonchev–Trinajstić information content (AvgIpc) is 3.18. The third-order valence-corrected chi connectivity index (χ3v) is 5.43. The maximum atomic E-state index is 11.9. The van der Waals surface area contributed by atoms with E-state index >= 15 is 0 Å². The molecule has 0 unspecified atom stereocenters. The fourth-order valence-electron chi connectivity index (χ4n) is 2.25. The highest BCUT2D eigenvalue weighted by molar-refractivity contribution is 7.89. The summed E-state index contributed by atoms with van der Waals surface area (Å²) in [6.45, 7) is 4.95. The van der Waals surface area contributed by atoms with Gasteiger partial charge < -0.3 is 10.1 Å². The Morgan fingerprint density at radius 1 is 1.26 bits per heavy atom. The average molecular weight is 290 g/mol. The van der Waals surface area contributed by atoms with Crippen LogP contribution in [0.2, 0.25) is 0 Å². The van der Waals surface area contributed by atoms with Gasteiger partial charge in [-0.1, -0.05) is 6.92 Å². The molecule has 0 spiro atoms. The van der Waals surface area contributed by atoms with Crippen molar-refractivity contribution in [2.75, 3.05) is 32.1 Å². The largest absolute Gasteiger partial charge is 0.381 e. The third kappa shape index (κ3) is 5.77. The summed E-state index contributed by atoms with van der Waals surface area (Å²) in [4.78, 5) is 0. The predicted octanol–water partition coefficient (Wildman–Crippen LogP) is 0.865. The number of rotatable bonds is 8. The Labute approximate surface area is 116 Å². The molecule has 1 aliphatic heterocycles. The monoisotopic (exact) mass is 290 g/mol. The Hall–Kier alpha value is -0.170. The molecule has 6 heteroatoms.